The summed E-state index contributed by atoms with van der Waals surface area (Å²) in [6.07, 6.45) is -0.0291. The number of hydrogen-bond donors (Lipinski definition) is 1. The number of carbonyl (C=O) groups is 1. The summed E-state index contributed by atoms with van der Waals surface area (Å²) in [5.41, 5.74) is 2.12. The number of nitrogens with zero attached hydrogens (tertiary/aromatic N) is 1. The molecule has 4 heteroatoms. The second-order valence-corrected chi connectivity index (χ2v) is 6.17. The van der Waals surface area contributed by atoms with Gasteiger partial charge in [0, 0.05) is 13.1 Å². The summed E-state index contributed by atoms with van der Waals surface area (Å²) in [4.78, 5) is 14.3. The quantitative estimate of drug-likeness (QED) is 0.919. The first kappa shape index (κ1) is 16.7. The van der Waals surface area contributed by atoms with Crippen molar-refractivity contribution in [3.8, 4) is 0 Å². The van der Waals surface area contributed by atoms with Crippen LogP contribution in [-0.2, 0) is 22.7 Å². The van der Waals surface area contributed by atoms with Gasteiger partial charge in [-0.15, -0.1) is 0 Å². The highest BCUT2D eigenvalue weighted by molar-refractivity contribution is 5.81. The van der Waals surface area contributed by atoms with Gasteiger partial charge in [-0.2, -0.15) is 0 Å². The maximum Gasteiger partial charge on any atom is 0.254 e. The fourth-order valence-corrected chi connectivity index (χ4v) is 3.01. The molecular formula is C20H23NO3. The Labute approximate surface area is 142 Å². The predicted octanol–water partition coefficient (Wildman–Crippen LogP) is 2.76. The zero-order chi connectivity index (χ0) is 16.8. The molecule has 0 spiro atoms. The van der Waals surface area contributed by atoms with Crippen LogP contribution in [-0.4, -0.2) is 34.7 Å². The molecule has 0 unspecified atom stereocenters. The molecule has 1 amide bonds. The van der Waals surface area contributed by atoms with Crippen molar-refractivity contribution in [3.63, 3.8) is 0 Å². The average molecular weight is 325 g/mol. The highest BCUT2D eigenvalue weighted by Gasteiger charge is 2.33. The molecule has 24 heavy (non-hydrogen) atoms. The first-order valence-electron chi connectivity index (χ1n) is 8.40. The Bertz CT molecular complexity index is 644. The summed E-state index contributed by atoms with van der Waals surface area (Å²) < 4.78 is 5.83. The number of carbonyl (C=O) groups excluding carboxylic acids is 1. The van der Waals surface area contributed by atoms with Gasteiger partial charge in [0.25, 0.3) is 5.91 Å². The minimum Gasteiger partial charge on any atom is -0.381 e. The molecule has 2 aromatic rings. The van der Waals surface area contributed by atoms with Crippen LogP contribution in [0.2, 0.25) is 0 Å². The van der Waals surface area contributed by atoms with Crippen LogP contribution in [0.3, 0.4) is 0 Å². The fraction of sp³-hybridized carbons (Fsp3) is 0.350. The molecule has 1 aliphatic heterocycles. The SMILES string of the molecule is O=C1[C@H](O)[C@H](OCc2ccccc2)CCCN1Cc1ccccc1. The van der Waals surface area contributed by atoms with Crippen LogP contribution in [0.5, 0.6) is 0 Å². The van der Waals surface area contributed by atoms with Crippen molar-refractivity contribution < 1.29 is 14.6 Å². The third-order valence-electron chi connectivity index (χ3n) is 4.36. The van der Waals surface area contributed by atoms with E-state index in [0.717, 1.165) is 17.5 Å². The minimum absolute atomic E-state index is 0.241. The molecule has 1 aliphatic rings. The van der Waals surface area contributed by atoms with Gasteiger partial charge < -0.3 is 14.7 Å². The number of aliphatic hydroxyl groups excluding tert-OH is 1. The number of hydrogen-bond acceptors (Lipinski definition) is 3. The van der Waals surface area contributed by atoms with E-state index in [9.17, 15) is 9.90 Å². The molecule has 0 radical (unpaired) electrons. The van der Waals surface area contributed by atoms with E-state index >= 15 is 0 Å². The van der Waals surface area contributed by atoms with E-state index in [1.807, 2.05) is 60.7 Å². The Kier molecular flexibility index (Phi) is 5.62. The van der Waals surface area contributed by atoms with Gasteiger partial charge >= 0.3 is 0 Å². The van der Waals surface area contributed by atoms with Crippen molar-refractivity contribution in [3.05, 3.63) is 71.8 Å². The third kappa shape index (κ3) is 4.22. The van der Waals surface area contributed by atoms with E-state index < -0.39 is 12.2 Å². The lowest BCUT2D eigenvalue weighted by Crippen LogP contribution is -2.42. The second kappa shape index (κ2) is 8.08. The molecule has 0 aliphatic carbocycles. The molecule has 1 saturated heterocycles. The first-order chi connectivity index (χ1) is 11.7. The molecule has 2 aromatic carbocycles. The summed E-state index contributed by atoms with van der Waals surface area (Å²) >= 11 is 0. The van der Waals surface area contributed by atoms with Gasteiger partial charge in [0.2, 0.25) is 0 Å². The van der Waals surface area contributed by atoms with Gasteiger partial charge in [0.15, 0.2) is 6.10 Å². The van der Waals surface area contributed by atoms with E-state index in [1.54, 1.807) is 4.90 Å². The molecule has 1 N–H and O–H groups in total. The average Bonchev–Trinajstić information content (AvgIpc) is 2.76. The van der Waals surface area contributed by atoms with E-state index in [-0.39, 0.29) is 5.91 Å². The fourth-order valence-electron chi connectivity index (χ4n) is 3.01. The Balaban J connectivity index is 1.60. The molecule has 3 rings (SSSR count). The maximum absolute atomic E-state index is 12.6. The Morgan fingerprint density at radius 2 is 1.62 bits per heavy atom. The van der Waals surface area contributed by atoms with Crippen LogP contribution in [0, 0.1) is 0 Å². The molecular weight excluding hydrogens is 302 g/mol. The number of aliphatic hydroxyl groups is 1. The summed E-state index contributed by atoms with van der Waals surface area (Å²) in [5.74, 6) is -0.241. The van der Waals surface area contributed by atoms with Crippen molar-refractivity contribution in [1.82, 2.24) is 4.90 Å². The largest absolute Gasteiger partial charge is 0.381 e. The van der Waals surface area contributed by atoms with Crippen molar-refractivity contribution in [2.75, 3.05) is 6.54 Å². The van der Waals surface area contributed by atoms with Crippen molar-refractivity contribution in [2.45, 2.75) is 38.2 Å². The number of likely N-dealkylation sites (tertiary alicyclic amines) is 1. The smallest absolute Gasteiger partial charge is 0.254 e. The van der Waals surface area contributed by atoms with Crippen LogP contribution in [0.4, 0.5) is 0 Å². The van der Waals surface area contributed by atoms with Crippen LogP contribution >= 0.6 is 0 Å². The van der Waals surface area contributed by atoms with Gasteiger partial charge in [0.05, 0.1) is 12.7 Å². The van der Waals surface area contributed by atoms with Crippen LogP contribution in [0.1, 0.15) is 24.0 Å². The molecule has 126 valence electrons. The molecule has 0 aromatic heterocycles. The number of ether oxygens (including phenoxy) is 1. The van der Waals surface area contributed by atoms with Crippen molar-refractivity contribution in [1.29, 1.82) is 0 Å². The zero-order valence-electron chi connectivity index (χ0n) is 13.7. The van der Waals surface area contributed by atoms with Gasteiger partial charge in [-0.05, 0) is 24.0 Å². The number of amides is 1. The molecule has 2 atom stereocenters. The Hall–Kier alpha value is -2.17. The highest BCUT2D eigenvalue weighted by Crippen LogP contribution is 2.19. The standard InChI is InChI=1S/C20H23NO3/c22-19-18(24-15-17-10-5-2-6-11-17)12-7-13-21(20(19)23)14-16-8-3-1-4-9-16/h1-6,8-11,18-19,22H,7,12-15H2/t18-,19-/m1/s1. The Morgan fingerprint density at radius 1 is 1.00 bits per heavy atom. The van der Waals surface area contributed by atoms with E-state index in [4.69, 9.17) is 4.74 Å². The van der Waals surface area contributed by atoms with Crippen LogP contribution in [0.25, 0.3) is 0 Å². The Morgan fingerprint density at radius 3 is 2.29 bits per heavy atom. The maximum atomic E-state index is 12.6. The third-order valence-corrected chi connectivity index (χ3v) is 4.36. The van der Waals surface area contributed by atoms with E-state index in [1.165, 1.54) is 0 Å². The van der Waals surface area contributed by atoms with E-state index in [2.05, 4.69) is 0 Å². The van der Waals surface area contributed by atoms with Crippen LogP contribution in [0.15, 0.2) is 60.7 Å². The number of benzene rings is 2. The van der Waals surface area contributed by atoms with Gasteiger partial charge in [-0.3, -0.25) is 4.79 Å². The van der Waals surface area contributed by atoms with E-state index in [0.29, 0.717) is 26.1 Å². The molecule has 0 saturated carbocycles. The molecule has 0 bridgehead atoms. The second-order valence-electron chi connectivity index (χ2n) is 6.17. The summed E-state index contributed by atoms with van der Waals surface area (Å²) in [6.45, 7) is 1.59. The normalized spacial score (nSPS) is 21.5. The lowest BCUT2D eigenvalue weighted by Gasteiger charge is -2.24. The molecule has 1 fully saturated rings. The zero-order valence-corrected chi connectivity index (χ0v) is 13.7. The summed E-state index contributed by atoms with van der Waals surface area (Å²) in [5, 5.41) is 10.4. The topological polar surface area (TPSA) is 49.8 Å². The molecule has 1 heterocycles. The van der Waals surface area contributed by atoms with Crippen molar-refractivity contribution >= 4 is 5.91 Å². The first-order valence-corrected chi connectivity index (χ1v) is 8.40. The van der Waals surface area contributed by atoms with Crippen molar-refractivity contribution in [2.24, 2.45) is 0 Å². The van der Waals surface area contributed by atoms with Crippen LogP contribution < -0.4 is 0 Å². The summed E-state index contributed by atoms with van der Waals surface area (Å²) in [6, 6.07) is 19.7. The highest BCUT2D eigenvalue weighted by atomic mass is 16.5. The predicted molar refractivity (Wildman–Crippen MR) is 92.1 cm³/mol. The lowest BCUT2D eigenvalue weighted by molar-refractivity contribution is -0.148. The monoisotopic (exact) mass is 325 g/mol. The lowest BCUT2D eigenvalue weighted by atomic mass is 10.1. The minimum atomic E-state index is -1.10. The molecule has 4 nitrogen and oxygen atoms in total. The van der Waals surface area contributed by atoms with Gasteiger partial charge in [0.1, 0.15) is 0 Å². The van der Waals surface area contributed by atoms with Gasteiger partial charge in [-0.25, -0.2) is 0 Å². The summed E-state index contributed by atoms with van der Waals surface area (Å²) in [7, 11) is 0. The van der Waals surface area contributed by atoms with Gasteiger partial charge in [-0.1, -0.05) is 60.7 Å². The number of rotatable bonds is 5.